The average molecular weight is 589 g/mol. The Labute approximate surface area is 252 Å². The minimum atomic E-state index is -1.45. The quantitative estimate of drug-likeness (QED) is 0.250. The summed E-state index contributed by atoms with van der Waals surface area (Å²) in [7, 11) is 0. The summed E-state index contributed by atoms with van der Waals surface area (Å²) < 4.78 is 13.0. The lowest BCUT2D eigenvalue weighted by molar-refractivity contribution is -0.00570. The minimum absolute atomic E-state index is 0.0275. The maximum Gasteiger partial charge on any atom is 0.512 e. The molecule has 44 heavy (non-hydrogen) atoms. The minimum Gasteiger partial charge on any atom is -0.486 e. The first-order valence-corrected chi connectivity index (χ1v) is 14.4. The Morgan fingerprint density at radius 3 is 2.50 bits per heavy atom. The molecule has 1 saturated heterocycles. The molecule has 5 aromatic rings. The molecule has 1 N–H and O–H groups in total. The normalized spacial score (nSPS) is 15.6. The van der Waals surface area contributed by atoms with E-state index in [0.717, 1.165) is 27.8 Å². The number of carboxylic acid groups (broad SMARTS) is 1. The molecule has 3 aromatic carbocycles. The summed E-state index contributed by atoms with van der Waals surface area (Å²) in [6.45, 7) is 2.90. The number of ketones is 1. The number of ether oxygens (including phenoxy) is 2. The second-order valence-electron chi connectivity index (χ2n) is 11.2. The number of para-hydroxylation sites is 1. The highest BCUT2D eigenvalue weighted by Crippen LogP contribution is 2.41. The van der Waals surface area contributed by atoms with Crippen molar-refractivity contribution in [1.82, 2.24) is 19.7 Å². The van der Waals surface area contributed by atoms with Crippen LogP contribution >= 0.6 is 0 Å². The number of fused-ring (bicyclic) bond motifs is 2. The fraction of sp³-hybridized carbons (Fsp3) is 0.206. The SMILES string of the molecule is Cc1nn(-c2ccccc2)c2ccc(C(=O)N3CCC4(CC3)CC(=O)c3cc(-c5ccnc(OC(=O)O)c5)ccc3O4)cc12. The molecule has 7 rings (SSSR count). The van der Waals surface area contributed by atoms with Crippen LogP contribution in [-0.4, -0.2) is 61.3 Å². The van der Waals surface area contributed by atoms with Crippen molar-refractivity contribution in [2.75, 3.05) is 13.1 Å². The molecular weight excluding hydrogens is 560 g/mol. The maximum absolute atomic E-state index is 13.6. The molecule has 0 radical (unpaired) electrons. The smallest absolute Gasteiger partial charge is 0.486 e. The third kappa shape index (κ3) is 4.94. The number of hydrogen-bond acceptors (Lipinski definition) is 7. The number of amides is 1. The summed E-state index contributed by atoms with van der Waals surface area (Å²) in [6, 6.07) is 24.2. The van der Waals surface area contributed by atoms with E-state index in [4.69, 9.17) is 14.9 Å². The zero-order valence-electron chi connectivity index (χ0n) is 23.9. The highest BCUT2D eigenvalue weighted by Gasteiger charge is 2.44. The molecule has 1 fully saturated rings. The molecule has 220 valence electrons. The van der Waals surface area contributed by atoms with Gasteiger partial charge in [-0.05, 0) is 66.6 Å². The van der Waals surface area contributed by atoms with Gasteiger partial charge >= 0.3 is 6.16 Å². The van der Waals surface area contributed by atoms with E-state index < -0.39 is 11.8 Å². The third-order valence-electron chi connectivity index (χ3n) is 8.42. The van der Waals surface area contributed by atoms with Gasteiger partial charge in [-0.15, -0.1) is 0 Å². The Morgan fingerprint density at radius 2 is 1.73 bits per heavy atom. The molecule has 0 atom stereocenters. The number of carbonyl (C=O) groups excluding carboxylic acids is 2. The van der Waals surface area contributed by atoms with Crippen molar-refractivity contribution in [3.8, 4) is 28.4 Å². The number of aryl methyl sites for hydroxylation is 1. The van der Waals surface area contributed by atoms with Crippen LogP contribution in [0.3, 0.4) is 0 Å². The second kappa shape index (κ2) is 10.6. The molecule has 2 aliphatic heterocycles. The van der Waals surface area contributed by atoms with Crippen LogP contribution in [-0.2, 0) is 0 Å². The first kappa shape index (κ1) is 27.3. The van der Waals surface area contributed by atoms with Gasteiger partial charge in [-0.25, -0.2) is 14.5 Å². The van der Waals surface area contributed by atoms with E-state index in [1.807, 2.05) is 71.1 Å². The number of nitrogens with zero attached hydrogens (tertiary/aromatic N) is 4. The van der Waals surface area contributed by atoms with Crippen LogP contribution < -0.4 is 9.47 Å². The van der Waals surface area contributed by atoms with Crippen LogP contribution in [0.1, 0.15) is 45.7 Å². The largest absolute Gasteiger partial charge is 0.512 e. The number of hydrogen-bond donors (Lipinski definition) is 1. The van der Waals surface area contributed by atoms with Crippen LogP contribution in [0.2, 0.25) is 0 Å². The number of benzene rings is 3. The van der Waals surface area contributed by atoms with Gasteiger partial charge in [0.2, 0.25) is 5.88 Å². The van der Waals surface area contributed by atoms with Gasteiger partial charge in [0, 0.05) is 49.1 Å². The molecule has 4 heterocycles. The number of rotatable bonds is 4. The molecule has 0 bridgehead atoms. The number of pyridine rings is 1. The van der Waals surface area contributed by atoms with E-state index in [1.165, 1.54) is 12.3 Å². The molecule has 2 aromatic heterocycles. The summed E-state index contributed by atoms with van der Waals surface area (Å²) in [5.41, 5.74) is 4.55. The number of piperidine rings is 1. The third-order valence-corrected chi connectivity index (χ3v) is 8.42. The second-order valence-corrected chi connectivity index (χ2v) is 11.2. The molecule has 0 unspecified atom stereocenters. The fourth-order valence-corrected chi connectivity index (χ4v) is 6.15. The number of likely N-dealkylation sites (tertiary alicyclic amines) is 1. The first-order valence-electron chi connectivity index (χ1n) is 14.4. The predicted octanol–water partition coefficient (Wildman–Crippen LogP) is 6.09. The zero-order valence-corrected chi connectivity index (χ0v) is 23.9. The molecule has 1 spiro atoms. The lowest BCUT2D eigenvalue weighted by Gasteiger charge is -2.44. The van der Waals surface area contributed by atoms with E-state index in [1.54, 1.807) is 18.2 Å². The van der Waals surface area contributed by atoms with Crippen molar-refractivity contribution < 1.29 is 29.0 Å². The van der Waals surface area contributed by atoms with Gasteiger partial charge in [-0.3, -0.25) is 9.59 Å². The van der Waals surface area contributed by atoms with Crippen molar-refractivity contribution >= 4 is 28.7 Å². The summed E-state index contributed by atoms with van der Waals surface area (Å²) in [6.07, 6.45) is 1.30. The number of carbonyl (C=O) groups is 3. The highest BCUT2D eigenvalue weighted by molar-refractivity contribution is 6.02. The predicted molar refractivity (Wildman–Crippen MR) is 162 cm³/mol. The summed E-state index contributed by atoms with van der Waals surface area (Å²) in [5, 5.41) is 14.5. The Bertz CT molecular complexity index is 1940. The van der Waals surface area contributed by atoms with Crippen LogP contribution in [0.5, 0.6) is 11.6 Å². The van der Waals surface area contributed by atoms with Crippen molar-refractivity contribution in [3.63, 3.8) is 0 Å². The van der Waals surface area contributed by atoms with Gasteiger partial charge in [0.1, 0.15) is 11.4 Å². The van der Waals surface area contributed by atoms with Gasteiger partial charge in [0.25, 0.3) is 5.91 Å². The van der Waals surface area contributed by atoms with Crippen LogP contribution in [0.15, 0.2) is 85.1 Å². The number of aromatic nitrogens is 3. The van der Waals surface area contributed by atoms with Crippen LogP contribution in [0.25, 0.3) is 27.7 Å². The van der Waals surface area contributed by atoms with Gasteiger partial charge < -0.3 is 19.5 Å². The lowest BCUT2D eigenvalue weighted by atomic mass is 9.82. The molecule has 0 saturated carbocycles. The monoisotopic (exact) mass is 588 g/mol. The molecule has 1 amide bonds. The van der Waals surface area contributed by atoms with Gasteiger partial charge in [0.05, 0.1) is 28.9 Å². The van der Waals surface area contributed by atoms with Gasteiger partial charge in [-0.2, -0.15) is 5.10 Å². The van der Waals surface area contributed by atoms with Crippen molar-refractivity contribution in [1.29, 1.82) is 0 Å². The highest BCUT2D eigenvalue weighted by atomic mass is 16.7. The Morgan fingerprint density at radius 1 is 0.955 bits per heavy atom. The zero-order chi connectivity index (χ0) is 30.4. The van der Waals surface area contributed by atoms with Gasteiger partial charge in [0.15, 0.2) is 5.78 Å². The Hall–Kier alpha value is -5.51. The molecule has 10 nitrogen and oxygen atoms in total. The summed E-state index contributed by atoms with van der Waals surface area (Å²) >= 11 is 0. The van der Waals surface area contributed by atoms with Crippen molar-refractivity contribution in [2.45, 2.75) is 31.8 Å². The van der Waals surface area contributed by atoms with E-state index in [0.29, 0.717) is 48.4 Å². The molecule has 10 heteroatoms. The Balaban J connectivity index is 1.06. The van der Waals surface area contributed by atoms with Gasteiger partial charge in [-0.1, -0.05) is 24.3 Å². The molecule has 2 aliphatic rings. The summed E-state index contributed by atoms with van der Waals surface area (Å²) in [4.78, 5) is 43.6. The lowest BCUT2D eigenvalue weighted by Crippen LogP contribution is -2.52. The topological polar surface area (TPSA) is 124 Å². The van der Waals surface area contributed by atoms with E-state index in [2.05, 4.69) is 9.72 Å². The summed E-state index contributed by atoms with van der Waals surface area (Å²) in [5.74, 6) is 0.384. The molecule has 0 aliphatic carbocycles. The average Bonchev–Trinajstić information content (AvgIpc) is 3.37. The van der Waals surface area contributed by atoms with Crippen LogP contribution in [0.4, 0.5) is 4.79 Å². The maximum atomic E-state index is 13.6. The van der Waals surface area contributed by atoms with E-state index >= 15 is 0 Å². The standard InChI is InChI=1S/C34H28N4O6/c1-21-26-18-24(7-9-28(26)38(36-21)25-5-3-2-4-6-25)32(40)37-15-12-34(13-16-37)20-29(39)27-17-22(8-10-30(27)44-34)23-11-14-35-31(19-23)43-33(41)42/h2-11,14,17-19H,12-13,15-16,20H2,1H3,(H,41,42). The van der Waals surface area contributed by atoms with Crippen molar-refractivity contribution in [2.24, 2.45) is 0 Å². The fourth-order valence-electron chi connectivity index (χ4n) is 6.15. The van der Waals surface area contributed by atoms with Crippen molar-refractivity contribution in [3.05, 3.63) is 102 Å². The van der Waals surface area contributed by atoms with E-state index in [-0.39, 0.29) is 24.0 Å². The van der Waals surface area contributed by atoms with Crippen LogP contribution in [0, 0.1) is 6.92 Å². The Kier molecular flexibility index (Phi) is 6.61. The molecular formula is C34H28N4O6. The first-order chi connectivity index (χ1) is 21.3. The van der Waals surface area contributed by atoms with E-state index in [9.17, 15) is 14.4 Å². The number of Topliss-reactive ketones (excluding diaryl/α,β-unsaturated/α-hetero) is 1.